The summed E-state index contributed by atoms with van der Waals surface area (Å²) in [6.45, 7) is 7.77. The molecule has 1 aromatic rings. The topological polar surface area (TPSA) is 9.23 Å². The monoisotopic (exact) mass is 173 g/mol. The quantitative estimate of drug-likeness (QED) is 0.622. The Labute approximate surface area is 79.4 Å². The molecule has 0 atom stereocenters. The van der Waals surface area contributed by atoms with E-state index < -0.39 is 0 Å². The van der Waals surface area contributed by atoms with Crippen molar-refractivity contribution in [3.8, 4) is 5.75 Å². The van der Waals surface area contributed by atoms with Gasteiger partial charge in [-0.3, -0.25) is 0 Å². The maximum atomic E-state index is 5.44. The lowest BCUT2D eigenvalue weighted by atomic mass is 10.1. The van der Waals surface area contributed by atoms with Crippen LogP contribution in [0.1, 0.15) is 5.56 Å². The Hall–Kier alpha value is -1.50. The van der Waals surface area contributed by atoms with E-state index in [2.05, 4.69) is 13.2 Å². The molecular formula is C12H13O. The van der Waals surface area contributed by atoms with Gasteiger partial charge in [0.05, 0.1) is 0 Å². The highest BCUT2D eigenvalue weighted by atomic mass is 16.5. The van der Waals surface area contributed by atoms with Crippen molar-refractivity contribution in [1.29, 1.82) is 0 Å². The first-order valence-electron chi connectivity index (χ1n) is 4.17. The normalized spacial score (nSPS) is 9.23. The van der Waals surface area contributed by atoms with E-state index in [0.717, 1.165) is 11.3 Å². The van der Waals surface area contributed by atoms with Gasteiger partial charge in [-0.25, -0.2) is 0 Å². The van der Waals surface area contributed by atoms with Crippen LogP contribution in [-0.2, 0) is 0 Å². The van der Waals surface area contributed by atoms with E-state index in [9.17, 15) is 0 Å². The summed E-state index contributed by atoms with van der Waals surface area (Å²) in [6.07, 6.45) is 5.39. The van der Waals surface area contributed by atoms with Crippen molar-refractivity contribution in [2.75, 3.05) is 6.61 Å². The van der Waals surface area contributed by atoms with Gasteiger partial charge >= 0.3 is 0 Å². The minimum absolute atomic E-state index is 0.530. The third-order valence-corrected chi connectivity index (χ3v) is 1.57. The molecule has 67 valence electrons. The van der Waals surface area contributed by atoms with Gasteiger partial charge in [-0.1, -0.05) is 36.9 Å². The first kappa shape index (κ1) is 9.59. The van der Waals surface area contributed by atoms with E-state index in [1.165, 1.54) is 0 Å². The summed E-state index contributed by atoms with van der Waals surface area (Å²) in [5.41, 5.74) is 1.04. The zero-order valence-corrected chi connectivity index (χ0v) is 7.57. The maximum Gasteiger partial charge on any atom is 0.123 e. The van der Waals surface area contributed by atoms with Crippen molar-refractivity contribution >= 4 is 0 Å². The molecule has 0 amide bonds. The summed E-state index contributed by atoms with van der Waals surface area (Å²) in [4.78, 5) is 0. The van der Waals surface area contributed by atoms with E-state index in [1.807, 2.05) is 30.7 Å². The van der Waals surface area contributed by atoms with Crippen LogP contribution in [-0.4, -0.2) is 6.61 Å². The van der Waals surface area contributed by atoms with Crippen LogP contribution >= 0.6 is 0 Å². The standard InChI is InChI=1S/C12H13O/c1-3-7-11-8-5-6-9-12(11)13-10-4-2/h3-9H,1-2,10H2. The molecule has 13 heavy (non-hydrogen) atoms. The van der Waals surface area contributed by atoms with Gasteiger partial charge in [-0.05, 0) is 6.07 Å². The lowest BCUT2D eigenvalue weighted by Gasteiger charge is -2.07. The fourth-order valence-corrected chi connectivity index (χ4v) is 1.03. The predicted octanol–water partition coefficient (Wildman–Crippen LogP) is 2.99. The smallest absolute Gasteiger partial charge is 0.123 e. The molecule has 1 radical (unpaired) electrons. The highest BCUT2D eigenvalue weighted by molar-refractivity contribution is 5.40. The maximum absolute atomic E-state index is 5.44. The summed E-state index contributed by atoms with van der Waals surface area (Å²) in [5, 5.41) is 0. The predicted molar refractivity (Wildman–Crippen MR) is 55.7 cm³/mol. The lowest BCUT2D eigenvalue weighted by molar-refractivity contribution is 0.361. The summed E-state index contributed by atoms with van der Waals surface area (Å²) in [6, 6.07) is 7.83. The molecule has 0 N–H and O–H groups in total. The van der Waals surface area contributed by atoms with Gasteiger partial charge < -0.3 is 4.74 Å². The number of allylic oxidation sites excluding steroid dienone is 1. The number of hydrogen-bond acceptors (Lipinski definition) is 1. The second kappa shape index (κ2) is 5.20. The molecule has 0 aromatic heterocycles. The molecule has 0 fully saturated rings. The molecule has 0 aliphatic rings. The molecule has 0 saturated carbocycles. The van der Waals surface area contributed by atoms with Crippen LogP contribution < -0.4 is 4.74 Å². The van der Waals surface area contributed by atoms with Crippen LogP contribution in [0.2, 0.25) is 0 Å². The molecule has 0 spiro atoms. The van der Waals surface area contributed by atoms with Crippen molar-refractivity contribution in [1.82, 2.24) is 0 Å². The van der Waals surface area contributed by atoms with Crippen molar-refractivity contribution in [3.05, 3.63) is 61.6 Å². The fourth-order valence-electron chi connectivity index (χ4n) is 1.03. The Kier molecular flexibility index (Phi) is 3.83. The van der Waals surface area contributed by atoms with Gasteiger partial charge in [0.2, 0.25) is 0 Å². The minimum atomic E-state index is 0.530. The van der Waals surface area contributed by atoms with Gasteiger partial charge in [-0.15, -0.1) is 6.58 Å². The summed E-state index contributed by atoms with van der Waals surface area (Å²) in [5.74, 6) is 0.863. The van der Waals surface area contributed by atoms with Crippen LogP contribution in [0.5, 0.6) is 5.75 Å². The molecule has 0 aliphatic heterocycles. The average Bonchev–Trinajstić information content (AvgIpc) is 2.17. The summed E-state index contributed by atoms with van der Waals surface area (Å²) < 4.78 is 5.44. The third-order valence-electron chi connectivity index (χ3n) is 1.57. The number of ether oxygens (including phenoxy) is 1. The lowest BCUT2D eigenvalue weighted by Crippen LogP contribution is -1.95. The zero-order valence-electron chi connectivity index (χ0n) is 7.57. The van der Waals surface area contributed by atoms with Crippen LogP contribution in [0.25, 0.3) is 0 Å². The van der Waals surface area contributed by atoms with Crippen molar-refractivity contribution in [2.24, 2.45) is 0 Å². The van der Waals surface area contributed by atoms with Gasteiger partial charge in [0.15, 0.2) is 0 Å². The molecule has 0 bridgehead atoms. The second-order valence-corrected chi connectivity index (χ2v) is 2.54. The first-order chi connectivity index (χ1) is 6.38. The van der Waals surface area contributed by atoms with Crippen LogP contribution in [0.3, 0.4) is 0 Å². The number of hydrogen-bond donors (Lipinski definition) is 0. The molecule has 0 saturated heterocycles. The molecule has 1 rings (SSSR count). The average molecular weight is 173 g/mol. The minimum Gasteiger partial charge on any atom is -0.489 e. The molecule has 0 aliphatic carbocycles. The zero-order chi connectivity index (χ0) is 9.52. The largest absolute Gasteiger partial charge is 0.489 e. The van der Waals surface area contributed by atoms with Gasteiger partial charge in [0, 0.05) is 12.0 Å². The van der Waals surface area contributed by atoms with E-state index in [4.69, 9.17) is 4.74 Å². The summed E-state index contributed by atoms with van der Waals surface area (Å²) in [7, 11) is 0. The Morgan fingerprint density at radius 3 is 2.69 bits per heavy atom. The molecule has 1 nitrogen and oxygen atoms in total. The highest BCUT2D eigenvalue weighted by Crippen LogP contribution is 2.19. The fraction of sp³-hybridized carbons (Fsp3) is 0.0833. The van der Waals surface area contributed by atoms with Crippen molar-refractivity contribution in [3.63, 3.8) is 0 Å². The highest BCUT2D eigenvalue weighted by Gasteiger charge is 1.99. The van der Waals surface area contributed by atoms with E-state index in [0.29, 0.717) is 6.61 Å². The Morgan fingerprint density at radius 2 is 2.00 bits per heavy atom. The molecule has 0 unspecified atom stereocenters. The van der Waals surface area contributed by atoms with E-state index >= 15 is 0 Å². The van der Waals surface area contributed by atoms with Gasteiger partial charge in [-0.2, -0.15) is 0 Å². The SMILES string of the molecule is C=C[CH]c1ccccc1OCC=C. The Bertz CT molecular complexity index is 289. The molecule has 1 aromatic carbocycles. The van der Waals surface area contributed by atoms with Gasteiger partial charge in [0.25, 0.3) is 0 Å². The molecular weight excluding hydrogens is 160 g/mol. The Balaban J connectivity index is 2.77. The van der Waals surface area contributed by atoms with Crippen LogP contribution in [0.4, 0.5) is 0 Å². The number of benzene rings is 1. The van der Waals surface area contributed by atoms with Crippen molar-refractivity contribution < 1.29 is 4.74 Å². The number of para-hydroxylation sites is 1. The van der Waals surface area contributed by atoms with E-state index in [1.54, 1.807) is 12.2 Å². The van der Waals surface area contributed by atoms with Crippen LogP contribution in [0.15, 0.2) is 49.6 Å². The second-order valence-electron chi connectivity index (χ2n) is 2.54. The molecule has 0 heterocycles. The van der Waals surface area contributed by atoms with E-state index in [-0.39, 0.29) is 0 Å². The molecule has 1 heteroatoms. The van der Waals surface area contributed by atoms with Gasteiger partial charge in [0.1, 0.15) is 12.4 Å². The first-order valence-corrected chi connectivity index (χ1v) is 4.17. The summed E-state index contributed by atoms with van der Waals surface area (Å²) >= 11 is 0. The Morgan fingerprint density at radius 1 is 1.23 bits per heavy atom. The van der Waals surface area contributed by atoms with Crippen molar-refractivity contribution in [2.45, 2.75) is 0 Å². The third kappa shape index (κ3) is 2.79. The number of rotatable bonds is 5. The van der Waals surface area contributed by atoms with Crippen LogP contribution in [0, 0.1) is 6.42 Å².